The van der Waals surface area contributed by atoms with Crippen molar-refractivity contribution in [1.82, 2.24) is 4.98 Å². The minimum atomic E-state index is -0.0505. The van der Waals surface area contributed by atoms with Gasteiger partial charge in [-0.2, -0.15) is 5.26 Å². The number of nitrogens with zero attached hydrogens (tertiary/aromatic N) is 2. The molecule has 0 saturated carbocycles. The van der Waals surface area contributed by atoms with Gasteiger partial charge in [-0.25, -0.2) is 4.98 Å². The first kappa shape index (κ1) is 19.4. The van der Waals surface area contributed by atoms with E-state index in [1.807, 2.05) is 49.5 Å². The molecule has 2 N–H and O–H groups in total. The molecule has 1 unspecified atom stereocenters. The third kappa shape index (κ3) is 4.86. The Hall–Kier alpha value is -2.40. The second-order valence-electron chi connectivity index (χ2n) is 6.26. The van der Waals surface area contributed by atoms with E-state index < -0.39 is 0 Å². The number of hydrogen-bond acceptors (Lipinski definition) is 5. The zero-order chi connectivity index (χ0) is 19.2. The van der Waals surface area contributed by atoms with Gasteiger partial charge in [-0.05, 0) is 31.2 Å². The molecule has 2 aromatic carbocycles. The Labute approximate surface area is 167 Å². The van der Waals surface area contributed by atoms with Crippen LogP contribution in [0.3, 0.4) is 0 Å². The van der Waals surface area contributed by atoms with Gasteiger partial charge in [0.15, 0.2) is 11.6 Å². The number of anilines is 1. The number of nitrogens with one attached hydrogen (secondary N) is 2. The molecular weight excluding hydrogens is 376 g/mol. The van der Waals surface area contributed by atoms with Crippen molar-refractivity contribution in [2.75, 3.05) is 24.7 Å². The third-order valence-electron chi connectivity index (χ3n) is 4.31. The summed E-state index contributed by atoms with van der Waals surface area (Å²) in [6, 6.07) is 17.9. The first-order chi connectivity index (χ1) is 13.1. The predicted octanol–water partition coefficient (Wildman–Crippen LogP) is 3.13. The number of aromatic nitrogens is 1. The van der Waals surface area contributed by atoms with Crippen LogP contribution in [0.25, 0.3) is 10.2 Å². The van der Waals surface area contributed by atoms with E-state index in [-0.39, 0.29) is 11.9 Å². The van der Waals surface area contributed by atoms with Gasteiger partial charge in [-0.3, -0.25) is 4.79 Å². The lowest BCUT2D eigenvalue weighted by atomic mass is 10.3. The highest BCUT2D eigenvalue weighted by molar-refractivity contribution is 7.99. The fourth-order valence-electron chi connectivity index (χ4n) is 2.69. The van der Waals surface area contributed by atoms with E-state index in [2.05, 4.69) is 24.4 Å². The molecular formula is C20H21N4OS2+. The molecule has 0 spiro atoms. The lowest BCUT2D eigenvalue weighted by Crippen LogP contribution is -3.10. The third-order valence-corrected chi connectivity index (χ3v) is 6.47. The van der Waals surface area contributed by atoms with E-state index in [4.69, 9.17) is 10.2 Å². The lowest BCUT2D eigenvalue weighted by Gasteiger charge is -2.19. The van der Waals surface area contributed by atoms with E-state index in [9.17, 15) is 4.79 Å². The van der Waals surface area contributed by atoms with Gasteiger partial charge in [0, 0.05) is 4.90 Å². The number of carbonyl (C=O) groups is 1. The molecule has 3 rings (SSSR count). The van der Waals surface area contributed by atoms with Crippen LogP contribution in [0.15, 0.2) is 53.4 Å². The first-order valence-electron chi connectivity index (χ1n) is 8.65. The van der Waals surface area contributed by atoms with E-state index in [0.29, 0.717) is 12.3 Å². The Morgan fingerprint density at radius 1 is 1.30 bits per heavy atom. The summed E-state index contributed by atoms with van der Waals surface area (Å²) in [4.78, 5) is 19.2. The average Bonchev–Trinajstić information content (AvgIpc) is 3.10. The maximum atomic E-state index is 12.5. The number of quaternary nitrogens is 1. The van der Waals surface area contributed by atoms with Gasteiger partial charge in [0.1, 0.15) is 6.04 Å². The highest BCUT2D eigenvalue weighted by Gasteiger charge is 2.22. The van der Waals surface area contributed by atoms with Gasteiger partial charge in [-0.1, -0.05) is 24.3 Å². The molecule has 0 saturated heterocycles. The molecule has 0 fully saturated rings. The number of thioether (sulfide) groups is 1. The van der Waals surface area contributed by atoms with Crippen molar-refractivity contribution >= 4 is 44.9 Å². The fourth-order valence-corrected chi connectivity index (χ4v) is 4.47. The molecule has 1 amide bonds. The number of nitriles is 1. The van der Waals surface area contributed by atoms with Crippen molar-refractivity contribution in [1.29, 1.82) is 5.26 Å². The highest BCUT2D eigenvalue weighted by atomic mass is 32.2. The van der Waals surface area contributed by atoms with Crippen LogP contribution in [0, 0.1) is 11.3 Å². The smallest absolute Gasteiger partial charge is 0.279 e. The van der Waals surface area contributed by atoms with Crippen LogP contribution < -0.4 is 10.2 Å². The van der Waals surface area contributed by atoms with Crippen LogP contribution in [-0.4, -0.2) is 30.2 Å². The summed E-state index contributed by atoms with van der Waals surface area (Å²) in [5, 5.41) is 12.8. The van der Waals surface area contributed by atoms with Gasteiger partial charge in [0.2, 0.25) is 0 Å². The minimum absolute atomic E-state index is 0.0505. The fraction of sp³-hybridized carbons (Fsp3) is 0.250. The second-order valence-corrected chi connectivity index (χ2v) is 8.34. The molecule has 7 heteroatoms. The molecule has 138 valence electrons. The Balaban J connectivity index is 1.64. The summed E-state index contributed by atoms with van der Waals surface area (Å²) in [6.07, 6.45) is 0. The molecule has 5 nitrogen and oxygen atoms in total. The van der Waals surface area contributed by atoms with Crippen molar-refractivity contribution in [3.8, 4) is 6.07 Å². The number of para-hydroxylation sites is 2. The van der Waals surface area contributed by atoms with Crippen LogP contribution in [0.1, 0.15) is 18.0 Å². The van der Waals surface area contributed by atoms with Gasteiger partial charge < -0.3 is 10.2 Å². The molecule has 27 heavy (non-hydrogen) atoms. The van der Waals surface area contributed by atoms with Crippen LogP contribution in [-0.2, 0) is 4.79 Å². The van der Waals surface area contributed by atoms with Crippen LogP contribution in [0.5, 0.6) is 0 Å². The summed E-state index contributed by atoms with van der Waals surface area (Å²) in [5.74, 6) is 0.303. The number of fused-ring (bicyclic) bond motifs is 1. The summed E-state index contributed by atoms with van der Waals surface area (Å²) in [7, 11) is 2.01. The summed E-state index contributed by atoms with van der Waals surface area (Å²) in [5.41, 5.74) is 1.76. The van der Waals surface area contributed by atoms with Crippen LogP contribution in [0.2, 0.25) is 0 Å². The topological polar surface area (TPSA) is 70.2 Å². The zero-order valence-electron chi connectivity index (χ0n) is 15.2. The van der Waals surface area contributed by atoms with E-state index >= 15 is 0 Å². The minimum Gasteiger partial charge on any atom is -0.322 e. The van der Waals surface area contributed by atoms with E-state index in [1.165, 1.54) is 16.5 Å². The lowest BCUT2D eigenvalue weighted by molar-refractivity contribution is -0.902. The molecule has 1 heterocycles. The largest absolute Gasteiger partial charge is 0.322 e. The number of benzene rings is 2. The maximum absolute atomic E-state index is 12.5. The van der Waals surface area contributed by atoms with Crippen molar-refractivity contribution in [3.05, 3.63) is 53.5 Å². The normalized spacial score (nSPS) is 13.1. The number of thiazole rings is 1. The van der Waals surface area contributed by atoms with Crippen molar-refractivity contribution < 1.29 is 9.69 Å². The van der Waals surface area contributed by atoms with Crippen molar-refractivity contribution in [2.24, 2.45) is 0 Å². The van der Waals surface area contributed by atoms with E-state index in [1.54, 1.807) is 11.3 Å². The summed E-state index contributed by atoms with van der Waals surface area (Å²) < 4.78 is 1.17. The highest BCUT2D eigenvalue weighted by Crippen LogP contribution is 2.27. The second kappa shape index (κ2) is 9.00. The SMILES string of the molecule is C[C@@H](c1nc2ccccc2s1)[NH+](C)CC(=O)Nc1ccccc1SCC#N. The molecule has 0 radical (unpaired) electrons. The van der Waals surface area contributed by atoms with Crippen LogP contribution >= 0.6 is 23.1 Å². The van der Waals surface area contributed by atoms with Gasteiger partial charge in [0.05, 0.1) is 34.8 Å². The molecule has 1 aromatic heterocycles. The summed E-state index contributed by atoms with van der Waals surface area (Å²) >= 11 is 3.10. The van der Waals surface area contributed by atoms with Crippen molar-refractivity contribution in [3.63, 3.8) is 0 Å². The number of rotatable bonds is 7. The molecule has 0 aliphatic rings. The Morgan fingerprint density at radius 2 is 2.04 bits per heavy atom. The Bertz CT molecular complexity index is 946. The monoisotopic (exact) mass is 397 g/mol. The van der Waals surface area contributed by atoms with Gasteiger partial charge in [0.25, 0.3) is 5.91 Å². The van der Waals surface area contributed by atoms with Gasteiger partial charge >= 0.3 is 0 Å². The molecule has 0 aliphatic heterocycles. The number of carbonyl (C=O) groups excluding carboxylic acids is 1. The maximum Gasteiger partial charge on any atom is 0.279 e. The predicted molar refractivity (Wildman–Crippen MR) is 111 cm³/mol. The Kier molecular flexibility index (Phi) is 6.45. The molecule has 2 atom stereocenters. The molecule has 0 aliphatic carbocycles. The standard InChI is InChI=1S/C20H20N4OS2/c1-14(20-23-16-8-4-6-10-18(16)27-20)24(2)13-19(25)22-15-7-3-5-9-17(15)26-12-11-21/h3-10,14H,12-13H2,1-2H3,(H,22,25)/p+1/t14-/m0/s1. The van der Waals surface area contributed by atoms with E-state index in [0.717, 1.165) is 26.0 Å². The zero-order valence-corrected chi connectivity index (χ0v) is 16.9. The van der Waals surface area contributed by atoms with Crippen molar-refractivity contribution in [2.45, 2.75) is 17.9 Å². The number of hydrogen-bond donors (Lipinski definition) is 2. The molecule has 3 aromatic rings. The quantitative estimate of drug-likeness (QED) is 0.601. The Morgan fingerprint density at radius 3 is 2.81 bits per heavy atom. The molecule has 0 bridgehead atoms. The first-order valence-corrected chi connectivity index (χ1v) is 10.4. The number of likely N-dealkylation sites (N-methyl/N-ethyl adjacent to an activating group) is 1. The average molecular weight is 398 g/mol. The summed E-state index contributed by atoms with van der Waals surface area (Å²) in [6.45, 7) is 2.44. The van der Waals surface area contributed by atoms with Crippen LogP contribution in [0.4, 0.5) is 5.69 Å². The van der Waals surface area contributed by atoms with Gasteiger partial charge in [-0.15, -0.1) is 23.1 Å². The number of amides is 1.